The van der Waals surface area contributed by atoms with Gasteiger partial charge < -0.3 is 10.1 Å². The van der Waals surface area contributed by atoms with Crippen molar-refractivity contribution in [2.24, 2.45) is 0 Å². The Kier molecular flexibility index (Phi) is 7.49. The molecule has 96 valence electrons. The fraction of sp³-hybridized carbons (Fsp3) is 0.571. The predicted octanol–water partition coefficient (Wildman–Crippen LogP) is 3.40. The highest BCUT2D eigenvalue weighted by molar-refractivity contribution is 9.10. The zero-order valence-electron chi connectivity index (χ0n) is 10.7. The first-order chi connectivity index (χ1) is 8.27. The van der Waals surface area contributed by atoms with Gasteiger partial charge >= 0.3 is 0 Å². The van der Waals surface area contributed by atoms with Crippen molar-refractivity contribution in [3.63, 3.8) is 0 Å². The normalized spacial score (nSPS) is 12.6. The summed E-state index contributed by atoms with van der Waals surface area (Å²) >= 11 is 3.60. The van der Waals surface area contributed by atoms with E-state index in [1.54, 1.807) is 0 Å². The zero-order chi connectivity index (χ0) is 12.5. The van der Waals surface area contributed by atoms with Crippen LogP contribution in [-0.4, -0.2) is 25.8 Å². The Hall–Kier alpha value is -0.380. The van der Waals surface area contributed by atoms with E-state index in [1.807, 2.05) is 6.92 Å². The van der Waals surface area contributed by atoms with Crippen LogP contribution >= 0.6 is 15.9 Å². The largest absolute Gasteiger partial charge is 0.382 e. The second kappa shape index (κ2) is 8.67. The van der Waals surface area contributed by atoms with E-state index in [0.29, 0.717) is 6.04 Å². The van der Waals surface area contributed by atoms with Crippen LogP contribution in [-0.2, 0) is 11.2 Å². The fourth-order valence-corrected chi connectivity index (χ4v) is 2.31. The molecule has 0 aromatic heterocycles. The van der Waals surface area contributed by atoms with E-state index >= 15 is 0 Å². The van der Waals surface area contributed by atoms with Gasteiger partial charge in [0.1, 0.15) is 0 Å². The minimum Gasteiger partial charge on any atom is -0.382 e. The lowest BCUT2D eigenvalue weighted by Crippen LogP contribution is -2.32. The van der Waals surface area contributed by atoms with Gasteiger partial charge in [-0.1, -0.05) is 41.1 Å². The number of halogens is 1. The molecule has 1 unspecified atom stereocenters. The van der Waals surface area contributed by atoms with Crippen molar-refractivity contribution in [3.05, 3.63) is 34.3 Å². The van der Waals surface area contributed by atoms with Crippen molar-refractivity contribution in [1.29, 1.82) is 0 Å². The van der Waals surface area contributed by atoms with Crippen LogP contribution in [0.4, 0.5) is 0 Å². The highest BCUT2D eigenvalue weighted by Gasteiger charge is 2.09. The van der Waals surface area contributed by atoms with E-state index in [1.165, 1.54) is 10.0 Å². The zero-order valence-corrected chi connectivity index (χ0v) is 12.3. The number of ether oxygens (including phenoxy) is 1. The van der Waals surface area contributed by atoms with E-state index in [-0.39, 0.29) is 0 Å². The molecular formula is C14H22BrNO. The van der Waals surface area contributed by atoms with E-state index in [2.05, 4.69) is 52.4 Å². The van der Waals surface area contributed by atoms with Crippen LogP contribution in [0.15, 0.2) is 28.7 Å². The van der Waals surface area contributed by atoms with E-state index in [9.17, 15) is 0 Å². The lowest BCUT2D eigenvalue weighted by molar-refractivity contribution is 0.136. The first-order valence-corrected chi connectivity index (χ1v) is 7.11. The molecule has 2 nitrogen and oxygen atoms in total. The van der Waals surface area contributed by atoms with Gasteiger partial charge in [0.2, 0.25) is 0 Å². The molecule has 0 radical (unpaired) electrons. The molecule has 0 heterocycles. The third kappa shape index (κ3) is 5.66. The van der Waals surface area contributed by atoms with Crippen molar-refractivity contribution < 1.29 is 4.74 Å². The molecule has 1 atom stereocenters. The molecule has 0 amide bonds. The molecule has 0 aliphatic heterocycles. The molecule has 0 spiro atoms. The van der Waals surface area contributed by atoms with Gasteiger partial charge in [-0.3, -0.25) is 0 Å². The third-order valence-corrected chi connectivity index (χ3v) is 3.51. The molecule has 1 aromatic rings. The molecule has 17 heavy (non-hydrogen) atoms. The van der Waals surface area contributed by atoms with Crippen molar-refractivity contribution >= 4 is 15.9 Å². The standard InChI is InChI=1S/C14H22BrNO/c1-3-16-13(9-10-17-4-2)11-12-7-5-6-8-14(12)15/h5-8,13,16H,3-4,9-11H2,1-2H3. The molecule has 0 bridgehead atoms. The first kappa shape index (κ1) is 14.7. The van der Waals surface area contributed by atoms with E-state index < -0.39 is 0 Å². The summed E-state index contributed by atoms with van der Waals surface area (Å²) in [5, 5.41) is 3.52. The maximum absolute atomic E-state index is 5.43. The van der Waals surface area contributed by atoms with Gasteiger partial charge in [-0.2, -0.15) is 0 Å². The molecule has 0 fully saturated rings. The van der Waals surface area contributed by atoms with Crippen LogP contribution in [0.3, 0.4) is 0 Å². The summed E-state index contributed by atoms with van der Waals surface area (Å²) in [5.74, 6) is 0. The summed E-state index contributed by atoms with van der Waals surface area (Å²) in [7, 11) is 0. The minimum atomic E-state index is 0.491. The smallest absolute Gasteiger partial charge is 0.0480 e. The van der Waals surface area contributed by atoms with Gasteiger partial charge in [-0.15, -0.1) is 0 Å². The van der Waals surface area contributed by atoms with E-state index in [4.69, 9.17) is 4.74 Å². The molecule has 1 rings (SSSR count). The molecule has 1 N–H and O–H groups in total. The number of rotatable bonds is 8. The summed E-state index contributed by atoms with van der Waals surface area (Å²) in [5.41, 5.74) is 1.36. The quantitative estimate of drug-likeness (QED) is 0.743. The molecule has 0 saturated heterocycles. The van der Waals surface area contributed by atoms with Crippen molar-refractivity contribution in [2.45, 2.75) is 32.7 Å². The van der Waals surface area contributed by atoms with Crippen molar-refractivity contribution in [3.8, 4) is 0 Å². The highest BCUT2D eigenvalue weighted by Crippen LogP contribution is 2.18. The van der Waals surface area contributed by atoms with Crippen LogP contribution in [0, 0.1) is 0 Å². The Morgan fingerprint density at radius 2 is 2.06 bits per heavy atom. The Morgan fingerprint density at radius 1 is 1.29 bits per heavy atom. The Balaban J connectivity index is 2.50. The van der Waals surface area contributed by atoms with Gasteiger partial charge in [-0.25, -0.2) is 0 Å². The van der Waals surface area contributed by atoms with Crippen LogP contribution in [0.1, 0.15) is 25.8 Å². The maximum Gasteiger partial charge on any atom is 0.0480 e. The van der Waals surface area contributed by atoms with Gasteiger partial charge in [0.15, 0.2) is 0 Å². The monoisotopic (exact) mass is 299 g/mol. The Labute approximate surface area is 113 Å². The molecule has 3 heteroatoms. The number of nitrogens with one attached hydrogen (secondary N) is 1. The second-order valence-electron chi connectivity index (χ2n) is 4.04. The summed E-state index contributed by atoms with van der Waals surface area (Å²) in [6.07, 6.45) is 2.10. The minimum absolute atomic E-state index is 0.491. The molecular weight excluding hydrogens is 278 g/mol. The van der Waals surface area contributed by atoms with E-state index in [0.717, 1.165) is 32.6 Å². The molecule has 0 aliphatic rings. The summed E-state index contributed by atoms with van der Waals surface area (Å²) < 4.78 is 6.62. The van der Waals surface area contributed by atoms with Crippen LogP contribution < -0.4 is 5.32 Å². The van der Waals surface area contributed by atoms with Gasteiger partial charge in [-0.05, 0) is 37.9 Å². The Morgan fingerprint density at radius 3 is 2.71 bits per heavy atom. The van der Waals surface area contributed by atoms with Gasteiger partial charge in [0.05, 0.1) is 0 Å². The topological polar surface area (TPSA) is 21.3 Å². The number of hydrogen-bond donors (Lipinski definition) is 1. The number of likely N-dealkylation sites (N-methyl/N-ethyl adjacent to an activating group) is 1. The average Bonchev–Trinajstić information content (AvgIpc) is 2.32. The SMILES string of the molecule is CCNC(CCOCC)Cc1ccccc1Br. The second-order valence-corrected chi connectivity index (χ2v) is 4.89. The highest BCUT2D eigenvalue weighted by atomic mass is 79.9. The summed E-state index contributed by atoms with van der Waals surface area (Å²) in [6.45, 7) is 6.82. The fourth-order valence-electron chi connectivity index (χ4n) is 1.86. The van der Waals surface area contributed by atoms with Crippen LogP contribution in [0.5, 0.6) is 0 Å². The van der Waals surface area contributed by atoms with Crippen molar-refractivity contribution in [2.75, 3.05) is 19.8 Å². The molecule has 0 saturated carbocycles. The predicted molar refractivity (Wildman–Crippen MR) is 76.4 cm³/mol. The molecule has 1 aromatic carbocycles. The summed E-state index contributed by atoms with van der Waals surface area (Å²) in [6, 6.07) is 8.91. The average molecular weight is 300 g/mol. The van der Waals surface area contributed by atoms with Crippen LogP contribution in [0.25, 0.3) is 0 Å². The first-order valence-electron chi connectivity index (χ1n) is 6.32. The lowest BCUT2D eigenvalue weighted by atomic mass is 10.0. The summed E-state index contributed by atoms with van der Waals surface area (Å²) in [4.78, 5) is 0. The molecule has 0 aliphatic carbocycles. The van der Waals surface area contributed by atoms with Crippen LogP contribution in [0.2, 0.25) is 0 Å². The lowest BCUT2D eigenvalue weighted by Gasteiger charge is -2.18. The number of benzene rings is 1. The van der Waals surface area contributed by atoms with Gasteiger partial charge in [0.25, 0.3) is 0 Å². The third-order valence-electron chi connectivity index (χ3n) is 2.73. The Bertz CT molecular complexity index is 317. The van der Waals surface area contributed by atoms with Crippen molar-refractivity contribution in [1.82, 2.24) is 5.32 Å². The van der Waals surface area contributed by atoms with Gasteiger partial charge in [0, 0.05) is 23.7 Å². The maximum atomic E-state index is 5.43. The number of hydrogen-bond acceptors (Lipinski definition) is 2.